The molecule has 0 spiro atoms. The molecule has 0 bridgehead atoms. The molecule has 0 saturated carbocycles. The standard InChI is InChI=1S/C16H14F2N2O3/c1-3-19(11-7-8-13(17)14(18)9-11)16(21)12-5-4-6-15(10(12)2)20(22)23/h4-9H,3H2,1-2H3. The molecule has 0 N–H and O–H groups in total. The van der Waals surface area contributed by atoms with E-state index >= 15 is 0 Å². The predicted octanol–water partition coefficient (Wildman–Crippen LogP) is 3.85. The van der Waals surface area contributed by atoms with Crippen LogP contribution < -0.4 is 4.90 Å². The average molecular weight is 320 g/mol. The van der Waals surface area contributed by atoms with E-state index in [2.05, 4.69) is 0 Å². The van der Waals surface area contributed by atoms with Crippen molar-refractivity contribution in [3.8, 4) is 0 Å². The predicted molar refractivity (Wildman–Crippen MR) is 81.5 cm³/mol. The first-order valence-corrected chi connectivity index (χ1v) is 6.87. The average Bonchev–Trinajstić information content (AvgIpc) is 2.51. The van der Waals surface area contributed by atoms with Crippen LogP contribution in [0.1, 0.15) is 22.8 Å². The number of halogens is 2. The summed E-state index contributed by atoms with van der Waals surface area (Å²) in [5.74, 6) is -2.59. The topological polar surface area (TPSA) is 63.5 Å². The summed E-state index contributed by atoms with van der Waals surface area (Å²) in [7, 11) is 0. The fourth-order valence-corrected chi connectivity index (χ4v) is 2.29. The first-order chi connectivity index (χ1) is 10.9. The molecule has 7 heteroatoms. The number of amides is 1. The quantitative estimate of drug-likeness (QED) is 0.635. The lowest BCUT2D eigenvalue weighted by Gasteiger charge is -2.22. The van der Waals surface area contributed by atoms with Gasteiger partial charge in [-0.2, -0.15) is 0 Å². The minimum atomic E-state index is -1.07. The first-order valence-electron chi connectivity index (χ1n) is 6.87. The molecule has 0 heterocycles. The molecule has 0 aromatic heterocycles. The van der Waals surface area contributed by atoms with Crippen molar-refractivity contribution < 1.29 is 18.5 Å². The summed E-state index contributed by atoms with van der Waals surface area (Å²) < 4.78 is 26.4. The lowest BCUT2D eigenvalue weighted by molar-refractivity contribution is -0.385. The summed E-state index contributed by atoms with van der Waals surface area (Å²) >= 11 is 0. The summed E-state index contributed by atoms with van der Waals surface area (Å²) in [5, 5.41) is 11.0. The monoisotopic (exact) mass is 320 g/mol. The number of carbonyl (C=O) groups excluding carboxylic acids is 1. The van der Waals surface area contributed by atoms with Crippen LogP contribution in [0.15, 0.2) is 36.4 Å². The molecule has 0 atom stereocenters. The van der Waals surface area contributed by atoms with Crippen LogP contribution in [0.2, 0.25) is 0 Å². The Hall–Kier alpha value is -2.83. The zero-order chi connectivity index (χ0) is 17.1. The number of hydrogen-bond acceptors (Lipinski definition) is 3. The highest BCUT2D eigenvalue weighted by atomic mass is 19.2. The van der Waals surface area contributed by atoms with Gasteiger partial charge < -0.3 is 4.90 Å². The number of carbonyl (C=O) groups is 1. The van der Waals surface area contributed by atoms with Crippen molar-refractivity contribution in [1.82, 2.24) is 0 Å². The third kappa shape index (κ3) is 3.18. The van der Waals surface area contributed by atoms with E-state index in [1.807, 2.05) is 0 Å². The molecule has 0 aliphatic carbocycles. The Morgan fingerprint density at radius 1 is 1.22 bits per heavy atom. The van der Waals surface area contributed by atoms with Gasteiger partial charge >= 0.3 is 0 Å². The Labute approximate surface area is 131 Å². The van der Waals surface area contributed by atoms with Gasteiger partial charge in [-0.25, -0.2) is 8.78 Å². The number of anilines is 1. The van der Waals surface area contributed by atoms with Gasteiger partial charge in [0.05, 0.1) is 4.92 Å². The number of benzene rings is 2. The van der Waals surface area contributed by atoms with Gasteiger partial charge in [-0.05, 0) is 32.0 Å². The summed E-state index contributed by atoms with van der Waals surface area (Å²) in [5.41, 5.74) is 0.383. The Kier molecular flexibility index (Phi) is 4.68. The van der Waals surface area contributed by atoms with Crippen LogP contribution in [0.3, 0.4) is 0 Å². The molecular formula is C16H14F2N2O3. The van der Waals surface area contributed by atoms with Gasteiger partial charge in [-0.3, -0.25) is 14.9 Å². The van der Waals surface area contributed by atoms with Crippen LogP contribution >= 0.6 is 0 Å². The van der Waals surface area contributed by atoms with Gasteiger partial charge in [0, 0.05) is 35.5 Å². The highest BCUT2D eigenvalue weighted by Crippen LogP contribution is 2.25. The Morgan fingerprint density at radius 2 is 1.91 bits per heavy atom. The Morgan fingerprint density at radius 3 is 2.48 bits per heavy atom. The molecule has 0 fully saturated rings. The fraction of sp³-hybridized carbons (Fsp3) is 0.188. The molecule has 23 heavy (non-hydrogen) atoms. The summed E-state index contributed by atoms with van der Waals surface area (Å²) in [4.78, 5) is 24.3. The van der Waals surface area contributed by atoms with Crippen LogP contribution in [-0.2, 0) is 0 Å². The maximum Gasteiger partial charge on any atom is 0.273 e. The minimum absolute atomic E-state index is 0.144. The van der Waals surface area contributed by atoms with Gasteiger partial charge in [0.15, 0.2) is 11.6 Å². The fourth-order valence-electron chi connectivity index (χ4n) is 2.29. The summed E-state index contributed by atoms with van der Waals surface area (Å²) in [6, 6.07) is 7.32. The molecule has 120 valence electrons. The van der Waals surface area contributed by atoms with E-state index in [1.54, 1.807) is 6.92 Å². The Bertz CT molecular complexity index is 778. The van der Waals surface area contributed by atoms with E-state index in [4.69, 9.17) is 0 Å². The van der Waals surface area contributed by atoms with Crippen molar-refractivity contribution in [3.05, 3.63) is 69.3 Å². The molecule has 0 saturated heterocycles. The number of nitro benzene ring substituents is 1. The lowest BCUT2D eigenvalue weighted by atomic mass is 10.1. The van der Waals surface area contributed by atoms with Gasteiger partial charge in [0.25, 0.3) is 11.6 Å². The highest BCUT2D eigenvalue weighted by molar-refractivity contribution is 6.07. The van der Waals surface area contributed by atoms with E-state index in [9.17, 15) is 23.7 Å². The van der Waals surface area contributed by atoms with E-state index in [1.165, 1.54) is 36.1 Å². The molecule has 0 unspecified atom stereocenters. The minimum Gasteiger partial charge on any atom is -0.309 e. The molecule has 0 radical (unpaired) electrons. The third-order valence-corrected chi connectivity index (χ3v) is 3.51. The maximum atomic E-state index is 13.4. The summed E-state index contributed by atoms with van der Waals surface area (Å²) in [6.07, 6.45) is 0. The van der Waals surface area contributed by atoms with Crippen LogP contribution in [0.5, 0.6) is 0 Å². The van der Waals surface area contributed by atoms with E-state index in [-0.39, 0.29) is 29.0 Å². The first kappa shape index (κ1) is 16.5. The van der Waals surface area contributed by atoms with Crippen molar-refractivity contribution >= 4 is 17.3 Å². The number of hydrogen-bond donors (Lipinski definition) is 0. The molecule has 2 aromatic rings. The largest absolute Gasteiger partial charge is 0.309 e. The van der Waals surface area contributed by atoms with Crippen LogP contribution in [0.4, 0.5) is 20.2 Å². The zero-order valence-electron chi connectivity index (χ0n) is 12.5. The van der Waals surface area contributed by atoms with Crippen molar-refractivity contribution in [1.29, 1.82) is 0 Å². The van der Waals surface area contributed by atoms with Gasteiger partial charge in [0.2, 0.25) is 0 Å². The van der Waals surface area contributed by atoms with E-state index < -0.39 is 22.5 Å². The molecule has 1 amide bonds. The second kappa shape index (κ2) is 6.51. The van der Waals surface area contributed by atoms with Gasteiger partial charge in [-0.1, -0.05) is 6.07 Å². The second-order valence-corrected chi connectivity index (χ2v) is 4.85. The molecule has 0 aliphatic heterocycles. The number of rotatable bonds is 4. The SMILES string of the molecule is CCN(C(=O)c1cccc([N+](=O)[O-])c1C)c1ccc(F)c(F)c1. The van der Waals surface area contributed by atoms with Gasteiger partial charge in [0.1, 0.15) is 0 Å². The van der Waals surface area contributed by atoms with E-state index in [0.717, 1.165) is 12.1 Å². The van der Waals surface area contributed by atoms with Crippen LogP contribution in [-0.4, -0.2) is 17.4 Å². The van der Waals surface area contributed by atoms with Crippen molar-refractivity contribution in [3.63, 3.8) is 0 Å². The van der Waals surface area contributed by atoms with Gasteiger partial charge in [-0.15, -0.1) is 0 Å². The molecule has 2 rings (SSSR count). The number of nitro groups is 1. The molecule has 0 aliphatic rings. The molecule has 5 nitrogen and oxygen atoms in total. The highest BCUT2D eigenvalue weighted by Gasteiger charge is 2.23. The molecular weight excluding hydrogens is 306 g/mol. The molecule has 2 aromatic carbocycles. The van der Waals surface area contributed by atoms with Crippen LogP contribution in [0.25, 0.3) is 0 Å². The summed E-state index contributed by atoms with van der Waals surface area (Å²) in [6.45, 7) is 3.35. The third-order valence-electron chi connectivity index (χ3n) is 3.51. The maximum absolute atomic E-state index is 13.4. The van der Waals surface area contributed by atoms with Crippen LogP contribution in [0, 0.1) is 28.7 Å². The van der Waals surface area contributed by atoms with E-state index in [0.29, 0.717) is 0 Å². The van der Waals surface area contributed by atoms with Crippen molar-refractivity contribution in [2.75, 3.05) is 11.4 Å². The second-order valence-electron chi connectivity index (χ2n) is 4.85. The zero-order valence-corrected chi connectivity index (χ0v) is 12.5. The smallest absolute Gasteiger partial charge is 0.273 e. The Balaban J connectivity index is 2.47. The number of nitrogens with zero attached hydrogens (tertiary/aromatic N) is 2. The normalized spacial score (nSPS) is 10.4. The van der Waals surface area contributed by atoms with Crippen molar-refractivity contribution in [2.45, 2.75) is 13.8 Å². The lowest BCUT2D eigenvalue weighted by Crippen LogP contribution is -2.31. The van der Waals surface area contributed by atoms with Crippen molar-refractivity contribution in [2.24, 2.45) is 0 Å².